The highest BCUT2D eigenvalue weighted by atomic mass is 16.1. The molecule has 30 heavy (non-hydrogen) atoms. The van der Waals surface area contributed by atoms with Crippen molar-refractivity contribution in [3.05, 3.63) is 89.4 Å². The van der Waals surface area contributed by atoms with E-state index >= 15 is 0 Å². The van der Waals surface area contributed by atoms with E-state index in [4.69, 9.17) is 5.10 Å². The van der Waals surface area contributed by atoms with E-state index in [1.807, 2.05) is 47.8 Å². The minimum absolute atomic E-state index is 0.0989. The van der Waals surface area contributed by atoms with Crippen LogP contribution in [0.3, 0.4) is 0 Å². The normalized spacial score (nSPS) is 11.0. The largest absolute Gasteiger partial charge is 0.352 e. The lowest BCUT2D eigenvalue weighted by Gasteiger charge is -2.11. The number of amides is 1. The van der Waals surface area contributed by atoms with E-state index in [2.05, 4.69) is 41.5 Å². The average molecular weight is 399 g/mol. The Kier molecular flexibility index (Phi) is 5.89. The van der Waals surface area contributed by atoms with Crippen molar-refractivity contribution in [2.24, 2.45) is 0 Å². The Balaban J connectivity index is 1.65. The second kappa shape index (κ2) is 8.91. The summed E-state index contributed by atoms with van der Waals surface area (Å²) in [5.41, 5.74) is 6.51. The Hall–Kier alpha value is -3.47. The molecule has 4 aromatic rings. The van der Waals surface area contributed by atoms with Gasteiger partial charge in [0.15, 0.2) is 5.65 Å². The molecule has 1 amide bonds. The third kappa shape index (κ3) is 3.96. The zero-order valence-corrected chi connectivity index (χ0v) is 17.4. The van der Waals surface area contributed by atoms with Crippen LogP contribution in [-0.2, 0) is 12.8 Å². The lowest BCUT2D eigenvalue weighted by molar-refractivity contribution is 0.0952. The maximum atomic E-state index is 12.9. The van der Waals surface area contributed by atoms with Gasteiger partial charge in [-0.2, -0.15) is 5.10 Å². The van der Waals surface area contributed by atoms with Gasteiger partial charge in [-0.1, -0.05) is 74.0 Å². The van der Waals surface area contributed by atoms with Gasteiger partial charge in [-0.15, -0.1) is 0 Å². The van der Waals surface area contributed by atoms with Crippen molar-refractivity contribution in [1.82, 2.24) is 19.9 Å². The predicted molar refractivity (Wildman–Crippen MR) is 120 cm³/mol. The Bertz CT molecular complexity index is 1150. The fourth-order valence-electron chi connectivity index (χ4n) is 3.81. The summed E-state index contributed by atoms with van der Waals surface area (Å²) in [5, 5.41) is 7.80. The summed E-state index contributed by atoms with van der Waals surface area (Å²) in [6, 6.07) is 20.3. The van der Waals surface area contributed by atoms with E-state index in [1.165, 1.54) is 5.56 Å². The molecule has 1 N–H and O–H groups in total. The molecule has 0 spiro atoms. The Morgan fingerprint density at radius 1 is 1.00 bits per heavy atom. The first kappa shape index (κ1) is 19.8. The monoisotopic (exact) mass is 398 g/mol. The van der Waals surface area contributed by atoms with Crippen molar-refractivity contribution in [3.8, 4) is 11.1 Å². The van der Waals surface area contributed by atoms with Crippen LogP contribution in [0.2, 0.25) is 0 Å². The fourth-order valence-corrected chi connectivity index (χ4v) is 3.81. The van der Waals surface area contributed by atoms with E-state index in [0.717, 1.165) is 47.4 Å². The predicted octanol–water partition coefficient (Wildman–Crippen LogP) is 4.63. The highest BCUT2D eigenvalue weighted by Gasteiger charge is 2.20. The molecule has 0 bridgehead atoms. The lowest BCUT2D eigenvalue weighted by atomic mass is 10.1. The molecule has 5 heteroatoms. The fraction of sp³-hybridized carbons (Fsp3) is 0.240. The van der Waals surface area contributed by atoms with E-state index in [0.29, 0.717) is 12.1 Å². The molecule has 4 rings (SSSR count). The number of fused-ring (bicyclic) bond motifs is 1. The summed E-state index contributed by atoms with van der Waals surface area (Å²) in [7, 11) is 0. The Morgan fingerprint density at radius 2 is 1.70 bits per heavy atom. The molecule has 0 saturated carbocycles. The Labute approximate surface area is 176 Å². The van der Waals surface area contributed by atoms with Crippen LogP contribution in [0.5, 0.6) is 0 Å². The average Bonchev–Trinajstić information content (AvgIpc) is 3.11. The number of nitrogens with zero attached hydrogens (tertiary/aromatic N) is 3. The van der Waals surface area contributed by atoms with Crippen molar-refractivity contribution >= 4 is 11.6 Å². The molecule has 2 aromatic heterocycles. The third-order valence-corrected chi connectivity index (χ3v) is 5.25. The molecular weight excluding hydrogens is 372 g/mol. The van der Waals surface area contributed by atoms with Crippen LogP contribution in [0, 0.1) is 6.92 Å². The summed E-state index contributed by atoms with van der Waals surface area (Å²) in [6.45, 7) is 4.68. The zero-order chi connectivity index (χ0) is 20.9. The number of nitrogens with one attached hydrogen (secondary N) is 1. The number of hydrogen-bond acceptors (Lipinski definition) is 3. The molecule has 0 unspecified atom stereocenters. The topological polar surface area (TPSA) is 59.3 Å². The van der Waals surface area contributed by atoms with Crippen molar-refractivity contribution in [1.29, 1.82) is 0 Å². The van der Waals surface area contributed by atoms with Crippen molar-refractivity contribution in [2.45, 2.75) is 33.1 Å². The molecule has 2 aromatic carbocycles. The molecule has 0 aliphatic heterocycles. The summed E-state index contributed by atoms with van der Waals surface area (Å²) >= 11 is 0. The van der Waals surface area contributed by atoms with E-state index < -0.39 is 0 Å². The molecule has 0 atom stereocenters. The van der Waals surface area contributed by atoms with Crippen LogP contribution in [0.1, 0.15) is 40.7 Å². The number of aromatic nitrogens is 3. The molecular formula is C25H26N4O. The summed E-state index contributed by atoms with van der Waals surface area (Å²) in [5.74, 6) is -0.0989. The summed E-state index contributed by atoms with van der Waals surface area (Å²) < 4.78 is 1.85. The maximum Gasteiger partial charge on any atom is 0.254 e. The number of hydrogen-bond donors (Lipinski definition) is 1. The van der Waals surface area contributed by atoms with Crippen molar-refractivity contribution in [3.63, 3.8) is 0 Å². The zero-order valence-electron chi connectivity index (χ0n) is 17.4. The maximum absolute atomic E-state index is 12.9. The molecule has 2 heterocycles. The lowest BCUT2D eigenvalue weighted by Crippen LogP contribution is -2.27. The smallest absolute Gasteiger partial charge is 0.254 e. The molecule has 0 aliphatic rings. The van der Waals surface area contributed by atoms with Gasteiger partial charge in [0.1, 0.15) is 0 Å². The number of carbonyl (C=O) groups is 1. The number of benzene rings is 2. The van der Waals surface area contributed by atoms with Gasteiger partial charge < -0.3 is 5.32 Å². The van der Waals surface area contributed by atoms with Crippen molar-refractivity contribution < 1.29 is 4.79 Å². The van der Waals surface area contributed by atoms with Gasteiger partial charge in [0.05, 0.1) is 17.0 Å². The molecule has 0 fully saturated rings. The van der Waals surface area contributed by atoms with Crippen LogP contribution in [0.15, 0.2) is 66.9 Å². The highest BCUT2D eigenvalue weighted by Crippen LogP contribution is 2.28. The van der Waals surface area contributed by atoms with Gasteiger partial charge in [-0.25, -0.2) is 9.50 Å². The van der Waals surface area contributed by atoms with E-state index in [9.17, 15) is 4.79 Å². The number of carbonyl (C=O) groups excluding carboxylic acids is 1. The minimum Gasteiger partial charge on any atom is -0.352 e. The highest BCUT2D eigenvalue weighted by molar-refractivity contribution is 5.95. The van der Waals surface area contributed by atoms with Gasteiger partial charge in [-0.05, 0) is 30.9 Å². The van der Waals surface area contributed by atoms with Gasteiger partial charge >= 0.3 is 0 Å². The SMILES string of the molecule is CCCc1c(C(=O)NCCc2ccccc2)cnc2c(-c3ccccc3)c(C)nn12. The third-order valence-electron chi connectivity index (χ3n) is 5.25. The molecule has 0 saturated heterocycles. The minimum atomic E-state index is -0.0989. The number of rotatable bonds is 7. The van der Waals surface area contributed by atoms with Crippen LogP contribution < -0.4 is 5.32 Å². The van der Waals surface area contributed by atoms with Crippen molar-refractivity contribution in [2.75, 3.05) is 6.54 Å². The van der Waals surface area contributed by atoms with Crippen LogP contribution in [0.25, 0.3) is 16.8 Å². The molecule has 5 nitrogen and oxygen atoms in total. The first-order valence-corrected chi connectivity index (χ1v) is 10.4. The molecule has 0 radical (unpaired) electrons. The molecule has 152 valence electrons. The second-order valence-electron chi connectivity index (χ2n) is 7.42. The quantitative estimate of drug-likeness (QED) is 0.494. The van der Waals surface area contributed by atoms with Crippen LogP contribution in [0.4, 0.5) is 0 Å². The second-order valence-corrected chi connectivity index (χ2v) is 7.42. The van der Waals surface area contributed by atoms with Crippen LogP contribution >= 0.6 is 0 Å². The van der Waals surface area contributed by atoms with E-state index in [1.54, 1.807) is 6.20 Å². The van der Waals surface area contributed by atoms with E-state index in [-0.39, 0.29) is 5.91 Å². The molecule has 0 aliphatic carbocycles. The van der Waals surface area contributed by atoms with Gasteiger partial charge in [0.2, 0.25) is 0 Å². The first-order chi connectivity index (χ1) is 14.7. The van der Waals surface area contributed by atoms with Gasteiger partial charge in [0, 0.05) is 18.3 Å². The van der Waals surface area contributed by atoms with Gasteiger partial charge in [-0.3, -0.25) is 4.79 Å². The summed E-state index contributed by atoms with van der Waals surface area (Å²) in [4.78, 5) is 17.6. The van der Waals surface area contributed by atoms with Crippen LogP contribution in [-0.4, -0.2) is 27.0 Å². The standard InChI is InChI=1S/C25H26N4O/c1-3-10-22-21(25(30)26-16-15-19-11-6-4-7-12-19)17-27-24-23(18(2)28-29(22)24)20-13-8-5-9-14-20/h4-9,11-14,17H,3,10,15-16H2,1-2H3,(H,26,30). The first-order valence-electron chi connectivity index (χ1n) is 10.4. The number of aryl methyl sites for hydroxylation is 2. The Morgan fingerprint density at radius 3 is 2.40 bits per heavy atom. The summed E-state index contributed by atoms with van der Waals surface area (Å²) in [6.07, 6.45) is 4.18. The van der Waals surface area contributed by atoms with Gasteiger partial charge in [0.25, 0.3) is 5.91 Å².